The lowest BCUT2D eigenvalue weighted by atomic mass is 10.0. The minimum Gasteiger partial charge on any atom is -0.324 e. The van der Waals surface area contributed by atoms with Crippen LogP contribution in [0.3, 0.4) is 0 Å². The molecule has 3 nitrogen and oxygen atoms in total. The normalized spacial score (nSPS) is 13.2. The van der Waals surface area contributed by atoms with Crippen LogP contribution in [-0.2, 0) is 0 Å². The Morgan fingerprint density at radius 1 is 1.00 bits per heavy atom. The number of hydrogen-bond donors (Lipinski definition) is 1. The molecule has 0 bridgehead atoms. The average Bonchev–Trinajstić information content (AvgIpc) is 2.42. The molecule has 0 amide bonds. The van der Waals surface area contributed by atoms with Crippen molar-refractivity contribution in [3.05, 3.63) is 35.4 Å². The molecule has 0 saturated heterocycles. The summed E-state index contributed by atoms with van der Waals surface area (Å²) in [6.45, 7) is 8.83. The van der Waals surface area contributed by atoms with Gasteiger partial charge in [0.25, 0.3) is 0 Å². The fourth-order valence-corrected chi connectivity index (χ4v) is 2.30. The Hall–Kier alpha value is -0.900. The number of nitrogens with zero attached hydrogens (tertiary/aromatic N) is 2. The molecule has 0 spiro atoms. The molecular formula is C17H31N3. The summed E-state index contributed by atoms with van der Waals surface area (Å²) in [6, 6.07) is 8.75. The van der Waals surface area contributed by atoms with Crippen LogP contribution in [0.2, 0.25) is 0 Å². The molecule has 1 unspecified atom stereocenters. The second-order valence-corrected chi connectivity index (χ2v) is 5.95. The first-order valence-corrected chi connectivity index (χ1v) is 7.72. The van der Waals surface area contributed by atoms with E-state index >= 15 is 0 Å². The van der Waals surface area contributed by atoms with Crippen LogP contribution in [-0.4, -0.2) is 50.1 Å². The van der Waals surface area contributed by atoms with Gasteiger partial charge in [0.1, 0.15) is 0 Å². The topological polar surface area (TPSA) is 32.5 Å². The van der Waals surface area contributed by atoms with Crippen molar-refractivity contribution in [2.75, 3.05) is 40.3 Å². The first-order chi connectivity index (χ1) is 9.52. The molecule has 0 radical (unpaired) electrons. The average molecular weight is 277 g/mol. The number of hydrogen-bond acceptors (Lipinski definition) is 3. The smallest absolute Gasteiger partial charge is 0.0307 e. The van der Waals surface area contributed by atoms with E-state index in [0.717, 1.165) is 32.6 Å². The van der Waals surface area contributed by atoms with Gasteiger partial charge in [-0.15, -0.1) is 0 Å². The Kier molecular flexibility index (Phi) is 7.82. The summed E-state index contributed by atoms with van der Waals surface area (Å²) in [7, 11) is 4.25. The van der Waals surface area contributed by atoms with Crippen molar-refractivity contribution >= 4 is 0 Å². The highest BCUT2D eigenvalue weighted by atomic mass is 15.2. The van der Waals surface area contributed by atoms with E-state index in [0.29, 0.717) is 0 Å². The standard InChI is InChI=1S/C17H31N3/c1-5-11-20(14-13-19(3)4)12-10-17(18)16-8-6-15(2)7-9-16/h6-9,17H,5,10-14,18H2,1-4H3. The molecule has 0 aliphatic heterocycles. The van der Waals surface area contributed by atoms with E-state index in [2.05, 4.69) is 62.0 Å². The van der Waals surface area contributed by atoms with Gasteiger partial charge in [-0.05, 0) is 52.5 Å². The molecule has 1 atom stereocenters. The number of benzene rings is 1. The quantitative estimate of drug-likeness (QED) is 0.753. The molecule has 114 valence electrons. The Morgan fingerprint density at radius 3 is 2.20 bits per heavy atom. The lowest BCUT2D eigenvalue weighted by Crippen LogP contribution is -2.34. The molecule has 0 aliphatic carbocycles. The molecular weight excluding hydrogens is 246 g/mol. The lowest BCUT2D eigenvalue weighted by Gasteiger charge is -2.25. The molecule has 0 saturated carbocycles. The molecule has 0 heterocycles. The molecule has 20 heavy (non-hydrogen) atoms. The molecule has 0 aromatic heterocycles. The van der Waals surface area contributed by atoms with Crippen molar-refractivity contribution in [3.8, 4) is 0 Å². The van der Waals surface area contributed by atoms with Gasteiger partial charge in [0, 0.05) is 19.1 Å². The second kappa shape index (κ2) is 9.11. The molecule has 0 aliphatic rings. The van der Waals surface area contributed by atoms with Crippen molar-refractivity contribution < 1.29 is 0 Å². The molecule has 0 fully saturated rings. The lowest BCUT2D eigenvalue weighted by molar-refractivity contribution is 0.234. The SMILES string of the molecule is CCCN(CCC(N)c1ccc(C)cc1)CCN(C)C. The summed E-state index contributed by atoms with van der Waals surface area (Å²) >= 11 is 0. The van der Waals surface area contributed by atoms with E-state index in [1.54, 1.807) is 0 Å². The maximum Gasteiger partial charge on any atom is 0.0307 e. The van der Waals surface area contributed by atoms with E-state index in [1.165, 1.54) is 17.5 Å². The molecule has 3 heteroatoms. The predicted molar refractivity (Wildman–Crippen MR) is 88.0 cm³/mol. The van der Waals surface area contributed by atoms with Crippen LogP contribution in [0.15, 0.2) is 24.3 Å². The molecule has 1 aromatic rings. The van der Waals surface area contributed by atoms with Gasteiger partial charge in [0.15, 0.2) is 0 Å². The van der Waals surface area contributed by atoms with Crippen LogP contribution in [0.1, 0.15) is 36.9 Å². The second-order valence-electron chi connectivity index (χ2n) is 5.95. The molecule has 1 aromatic carbocycles. The zero-order chi connectivity index (χ0) is 15.0. The summed E-state index contributed by atoms with van der Waals surface area (Å²) in [5, 5.41) is 0. The van der Waals surface area contributed by atoms with E-state index in [1.807, 2.05) is 0 Å². The van der Waals surface area contributed by atoms with E-state index in [4.69, 9.17) is 5.73 Å². The van der Waals surface area contributed by atoms with Crippen LogP contribution in [0, 0.1) is 6.92 Å². The largest absolute Gasteiger partial charge is 0.324 e. The molecule has 2 N–H and O–H groups in total. The van der Waals surface area contributed by atoms with Crippen molar-refractivity contribution in [2.45, 2.75) is 32.7 Å². The third-order valence-electron chi connectivity index (χ3n) is 3.67. The first-order valence-electron chi connectivity index (χ1n) is 7.72. The zero-order valence-electron chi connectivity index (χ0n) is 13.6. The maximum absolute atomic E-state index is 6.31. The van der Waals surface area contributed by atoms with Gasteiger partial charge in [0.05, 0.1) is 0 Å². The maximum atomic E-state index is 6.31. The molecule has 1 rings (SSSR count). The summed E-state index contributed by atoms with van der Waals surface area (Å²) in [5.74, 6) is 0. The highest BCUT2D eigenvalue weighted by Gasteiger charge is 2.09. The fraction of sp³-hybridized carbons (Fsp3) is 0.647. The highest BCUT2D eigenvalue weighted by Crippen LogP contribution is 2.15. The van der Waals surface area contributed by atoms with E-state index < -0.39 is 0 Å². The van der Waals surface area contributed by atoms with Gasteiger partial charge in [-0.25, -0.2) is 0 Å². The Balaban J connectivity index is 2.42. The number of nitrogens with two attached hydrogens (primary N) is 1. The van der Waals surface area contributed by atoms with E-state index in [-0.39, 0.29) is 6.04 Å². The minimum atomic E-state index is 0.148. The Morgan fingerprint density at radius 2 is 1.65 bits per heavy atom. The number of aryl methyl sites for hydroxylation is 1. The fourth-order valence-electron chi connectivity index (χ4n) is 2.30. The minimum absolute atomic E-state index is 0.148. The van der Waals surface area contributed by atoms with Gasteiger partial charge in [-0.3, -0.25) is 0 Å². The predicted octanol–water partition coefficient (Wildman–Crippen LogP) is 2.66. The Labute approximate surface area is 124 Å². The van der Waals surface area contributed by atoms with Crippen molar-refractivity contribution in [2.24, 2.45) is 5.73 Å². The van der Waals surface area contributed by atoms with Crippen LogP contribution in [0.5, 0.6) is 0 Å². The van der Waals surface area contributed by atoms with Gasteiger partial charge in [-0.2, -0.15) is 0 Å². The van der Waals surface area contributed by atoms with Crippen molar-refractivity contribution in [1.82, 2.24) is 9.80 Å². The van der Waals surface area contributed by atoms with Crippen LogP contribution < -0.4 is 5.73 Å². The van der Waals surface area contributed by atoms with Gasteiger partial charge in [0.2, 0.25) is 0 Å². The summed E-state index contributed by atoms with van der Waals surface area (Å²) in [6.07, 6.45) is 2.23. The van der Waals surface area contributed by atoms with Gasteiger partial charge < -0.3 is 15.5 Å². The van der Waals surface area contributed by atoms with Crippen LogP contribution >= 0.6 is 0 Å². The van der Waals surface area contributed by atoms with Crippen LogP contribution in [0.4, 0.5) is 0 Å². The summed E-state index contributed by atoms with van der Waals surface area (Å²) in [4.78, 5) is 4.76. The van der Waals surface area contributed by atoms with Crippen molar-refractivity contribution in [3.63, 3.8) is 0 Å². The number of likely N-dealkylation sites (N-methyl/N-ethyl adjacent to an activating group) is 1. The zero-order valence-corrected chi connectivity index (χ0v) is 13.6. The third-order valence-corrected chi connectivity index (χ3v) is 3.67. The van der Waals surface area contributed by atoms with Gasteiger partial charge in [-0.1, -0.05) is 36.8 Å². The van der Waals surface area contributed by atoms with E-state index in [9.17, 15) is 0 Å². The highest BCUT2D eigenvalue weighted by molar-refractivity contribution is 5.23. The monoisotopic (exact) mass is 277 g/mol. The summed E-state index contributed by atoms with van der Waals surface area (Å²) < 4.78 is 0. The summed E-state index contributed by atoms with van der Waals surface area (Å²) in [5.41, 5.74) is 8.85. The first kappa shape index (κ1) is 17.2. The van der Waals surface area contributed by atoms with Gasteiger partial charge >= 0.3 is 0 Å². The van der Waals surface area contributed by atoms with Crippen molar-refractivity contribution in [1.29, 1.82) is 0 Å². The third kappa shape index (κ3) is 6.51. The van der Waals surface area contributed by atoms with Crippen LogP contribution in [0.25, 0.3) is 0 Å². The number of rotatable bonds is 9. The Bertz CT molecular complexity index is 359.